The largest absolute Gasteiger partial charge is 0.352 e. The molecule has 1 aromatic carbocycles. The zero-order valence-corrected chi connectivity index (χ0v) is 12.6. The van der Waals surface area contributed by atoms with Crippen molar-refractivity contribution in [3.05, 3.63) is 33.8 Å². The number of carbonyl (C=O) groups excluding carboxylic acids is 2. The molecule has 0 bridgehead atoms. The van der Waals surface area contributed by atoms with E-state index in [4.69, 9.17) is 0 Å². The minimum absolute atomic E-state index is 0.121. The molecule has 4 nitrogen and oxygen atoms in total. The van der Waals surface area contributed by atoms with Gasteiger partial charge in [-0.1, -0.05) is 15.9 Å². The first kappa shape index (κ1) is 14.1. The van der Waals surface area contributed by atoms with Crippen LogP contribution in [-0.2, 0) is 4.79 Å². The highest BCUT2D eigenvalue weighted by molar-refractivity contribution is 9.10. The number of carbonyl (C=O) groups is 2. The molecule has 0 saturated heterocycles. The van der Waals surface area contributed by atoms with Crippen molar-refractivity contribution in [1.29, 1.82) is 0 Å². The summed E-state index contributed by atoms with van der Waals surface area (Å²) in [4.78, 5) is 23.8. The predicted molar refractivity (Wildman–Crippen MR) is 77.0 cm³/mol. The van der Waals surface area contributed by atoms with Gasteiger partial charge in [0.2, 0.25) is 5.91 Å². The molecule has 0 aromatic heterocycles. The van der Waals surface area contributed by atoms with Crippen LogP contribution in [0.5, 0.6) is 0 Å². The molecular formula is C14H17BrN2O2. The fourth-order valence-electron chi connectivity index (χ4n) is 1.69. The Kier molecular flexibility index (Phi) is 4.24. The van der Waals surface area contributed by atoms with Gasteiger partial charge in [0.15, 0.2) is 0 Å². The quantitative estimate of drug-likeness (QED) is 0.891. The van der Waals surface area contributed by atoms with E-state index < -0.39 is 6.04 Å². The summed E-state index contributed by atoms with van der Waals surface area (Å²) < 4.78 is 0.962. The lowest BCUT2D eigenvalue weighted by Gasteiger charge is -2.14. The summed E-state index contributed by atoms with van der Waals surface area (Å²) in [6.45, 7) is 3.62. The van der Waals surface area contributed by atoms with Crippen molar-refractivity contribution >= 4 is 27.7 Å². The Labute approximate surface area is 121 Å². The first-order chi connectivity index (χ1) is 8.97. The number of benzene rings is 1. The number of hydrogen-bond donors (Lipinski definition) is 2. The van der Waals surface area contributed by atoms with Crippen molar-refractivity contribution in [1.82, 2.24) is 10.6 Å². The Balaban J connectivity index is 1.95. The van der Waals surface area contributed by atoms with E-state index in [1.54, 1.807) is 19.1 Å². The molecule has 0 aliphatic heterocycles. The van der Waals surface area contributed by atoms with Crippen LogP contribution in [0.3, 0.4) is 0 Å². The zero-order valence-electron chi connectivity index (χ0n) is 11.0. The molecule has 1 saturated carbocycles. The summed E-state index contributed by atoms with van der Waals surface area (Å²) in [5.41, 5.74) is 1.55. The topological polar surface area (TPSA) is 58.2 Å². The van der Waals surface area contributed by atoms with E-state index >= 15 is 0 Å². The van der Waals surface area contributed by atoms with Gasteiger partial charge in [-0.2, -0.15) is 0 Å². The third-order valence-corrected chi connectivity index (χ3v) is 3.97. The molecule has 2 N–H and O–H groups in total. The molecule has 1 atom stereocenters. The second kappa shape index (κ2) is 5.74. The molecule has 0 spiro atoms. The molecule has 1 unspecified atom stereocenters. The Morgan fingerprint density at radius 3 is 2.63 bits per heavy atom. The van der Waals surface area contributed by atoms with Crippen molar-refractivity contribution in [2.24, 2.45) is 0 Å². The minimum Gasteiger partial charge on any atom is -0.352 e. The monoisotopic (exact) mass is 324 g/mol. The lowest BCUT2D eigenvalue weighted by molar-refractivity contribution is -0.122. The normalized spacial score (nSPS) is 15.7. The number of rotatable bonds is 4. The van der Waals surface area contributed by atoms with Crippen LogP contribution in [0, 0.1) is 6.92 Å². The smallest absolute Gasteiger partial charge is 0.251 e. The fraction of sp³-hybridized carbons (Fsp3) is 0.429. The number of nitrogens with one attached hydrogen (secondary N) is 2. The Morgan fingerprint density at radius 2 is 2.05 bits per heavy atom. The van der Waals surface area contributed by atoms with Gasteiger partial charge in [0.05, 0.1) is 0 Å². The summed E-state index contributed by atoms with van der Waals surface area (Å²) in [5.74, 6) is -0.348. The summed E-state index contributed by atoms with van der Waals surface area (Å²) in [6, 6.07) is 5.15. The van der Waals surface area contributed by atoms with Gasteiger partial charge in [0.25, 0.3) is 5.91 Å². The van der Waals surface area contributed by atoms with Crippen LogP contribution in [0.15, 0.2) is 22.7 Å². The number of aryl methyl sites for hydroxylation is 1. The molecule has 102 valence electrons. The second-order valence-corrected chi connectivity index (χ2v) is 5.80. The third-order valence-electron chi connectivity index (χ3n) is 3.08. The van der Waals surface area contributed by atoms with Gasteiger partial charge < -0.3 is 10.6 Å². The van der Waals surface area contributed by atoms with E-state index in [1.165, 1.54) is 0 Å². The Hall–Kier alpha value is -1.36. The lowest BCUT2D eigenvalue weighted by Crippen LogP contribution is -2.45. The molecular weight excluding hydrogens is 308 g/mol. The summed E-state index contributed by atoms with van der Waals surface area (Å²) in [7, 11) is 0. The van der Waals surface area contributed by atoms with Crippen molar-refractivity contribution < 1.29 is 9.59 Å². The first-order valence-electron chi connectivity index (χ1n) is 6.35. The van der Waals surface area contributed by atoms with Gasteiger partial charge in [-0.15, -0.1) is 0 Å². The number of hydrogen-bond acceptors (Lipinski definition) is 2. The first-order valence-corrected chi connectivity index (χ1v) is 7.14. The van der Waals surface area contributed by atoms with Crippen LogP contribution in [0.25, 0.3) is 0 Å². The number of halogens is 1. The van der Waals surface area contributed by atoms with Gasteiger partial charge in [0, 0.05) is 16.1 Å². The van der Waals surface area contributed by atoms with Crippen LogP contribution in [0.4, 0.5) is 0 Å². The maximum atomic E-state index is 12.0. The maximum absolute atomic E-state index is 12.0. The summed E-state index contributed by atoms with van der Waals surface area (Å²) >= 11 is 3.39. The lowest BCUT2D eigenvalue weighted by atomic mass is 10.1. The standard InChI is InChI=1S/C14H17BrN2O2/c1-8-7-10(3-6-12(8)15)14(19)16-9(2)13(18)17-11-4-5-11/h3,6-7,9,11H,4-5H2,1-2H3,(H,16,19)(H,17,18). The van der Waals surface area contributed by atoms with Gasteiger partial charge in [-0.3, -0.25) is 9.59 Å². The van der Waals surface area contributed by atoms with Gasteiger partial charge >= 0.3 is 0 Å². The summed E-state index contributed by atoms with van der Waals surface area (Å²) in [6.07, 6.45) is 2.08. The third kappa shape index (κ3) is 3.80. The molecule has 1 aromatic rings. The molecule has 5 heteroatoms. The van der Waals surface area contributed by atoms with Gasteiger partial charge in [-0.25, -0.2) is 0 Å². The second-order valence-electron chi connectivity index (χ2n) is 4.94. The van der Waals surface area contributed by atoms with Crippen LogP contribution in [0.1, 0.15) is 35.7 Å². The SMILES string of the molecule is Cc1cc(C(=O)NC(C)C(=O)NC2CC2)ccc1Br. The van der Waals surface area contributed by atoms with Crippen LogP contribution < -0.4 is 10.6 Å². The molecule has 1 aliphatic carbocycles. The molecule has 1 fully saturated rings. The maximum Gasteiger partial charge on any atom is 0.251 e. The highest BCUT2D eigenvalue weighted by Gasteiger charge is 2.26. The van der Waals surface area contributed by atoms with Gasteiger partial charge in [0.1, 0.15) is 6.04 Å². The minimum atomic E-state index is -0.517. The Bertz CT molecular complexity index is 512. The molecule has 0 radical (unpaired) electrons. The Morgan fingerprint density at radius 1 is 1.37 bits per heavy atom. The van der Waals surface area contributed by atoms with Gasteiger partial charge in [-0.05, 0) is 50.5 Å². The van der Waals surface area contributed by atoms with E-state index in [1.807, 2.05) is 13.0 Å². The predicted octanol–water partition coefficient (Wildman–Crippen LogP) is 2.15. The van der Waals surface area contributed by atoms with E-state index in [9.17, 15) is 9.59 Å². The molecule has 0 heterocycles. The van der Waals surface area contributed by atoms with E-state index in [2.05, 4.69) is 26.6 Å². The van der Waals surface area contributed by atoms with Crippen molar-refractivity contribution in [3.63, 3.8) is 0 Å². The van der Waals surface area contributed by atoms with E-state index in [-0.39, 0.29) is 11.8 Å². The highest BCUT2D eigenvalue weighted by Crippen LogP contribution is 2.19. The highest BCUT2D eigenvalue weighted by atomic mass is 79.9. The van der Waals surface area contributed by atoms with Crippen LogP contribution >= 0.6 is 15.9 Å². The average Bonchev–Trinajstić information content (AvgIpc) is 3.16. The summed E-state index contributed by atoms with van der Waals surface area (Å²) in [5, 5.41) is 5.58. The average molecular weight is 325 g/mol. The number of amides is 2. The molecule has 1 aliphatic rings. The molecule has 2 amide bonds. The van der Waals surface area contributed by atoms with Crippen LogP contribution in [-0.4, -0.2) is 23.9 Å². The van der Waals surface area contributed by atoms with E-state index in [0.717, 1.165) is 22.9 Å². The molecule has 2 rings (SSSR count). The van der Waals surface area contributed by atoms with Crippen LogP contribution in [0.2, 0.25) is 0 Å². The van der Waals surface area contributed by atoms with Crippen molar-refractivity contribution in [2.75, 3.05) is 0 Å². The molecule has 19 heavy (non-hydrogen) atoms. The van der Waals surface area contributed by atoms with E-state index in [0.29, 0.717) is 11.6 Å². The fourth-order valence-corrected chi connectivity index (χ4v) is 1.93. The zero-order chi connectivity index (χ0) is 14.0. The van der Waals surface area contributed by atoms with Crippen molar-refractivity contribution in [2.45, 2.75) is 38.8 Å². The van der Waals surface area contributed by atoms with Crippen molar-refractivity contribution in [3.8, 4) is 0 Å².